The molecular formula is C30H34N2O3. The van der Waals surface area contributed by atoms with Crippen LogP contribution in [0.3, 0.4) is 0 Å². The zero-order chi connectivity index (χ0) is 24.0. The topological polar surface area (TPSA) is 50.8 Å². The Kier molecular flexibility index (Phi) is 7.45. The van der Waals surface area contributed by atoms with Crippen LogP contribution in [-0.4, -0.2) is 49.8 Å². The largest absolute Gasteiger partial charge is 0.482 e. The molecule has 3 aliphatic heterocycles. The summed E-state index contributed by atoms with van der Waals surface area (Å²) in [5.41, 5.74) is 3.79. The summed E-state index contributed by atoms with van der Waals surface area (Å²) in [4.78, 5) is 14.3. The van der Waals surface area contributed by atoms with E-state index >= 15 is 0 Å². The molecule has 0 amide bonds. The Morgan fingerprint density at radius 1 is 0.914 bits per heavy atom. The minimum atomic E-state index is -0.376. The van der Waals surface area contributed by atoms with Crippen molar-refractivity contribution in [3.63, 3.8) is 0 Å². The van der Waals surface area contributed by atoms with Crippen molar-refractivity contribution in [2.75, 3.05) is 26.8 Å². The highest BCUT2D eigenvalue weighted by Crippen LogP contribution is 2.42. The van der Waals surface area contributed by atoms with E-state index in [4.69, 9.17) is 9.47 Å². The summed E-state index contributed by atoms with van der Waals surface area (Å²) in [6.07, 6.45) is 2.45. The van der Waals surface area contributed by atoms with Crippen molar-refractivity contribution in [2.24, 2.45) is 5.92 Å². The lowest BCUT2D eigenvalue weighted by Crippen LogP contribution is -2.64. The fourth-order valence-corrected chi connectivity index (χ4v) is 5.91. The van der Waals surface area contributed by atoms with E-state index in [1.807, 2.05) is 18.2 Å². The van der Waals surface area contributed by atoms with E-state index < -0.39 is 0 Å². The minimum Gasteiger partial charge on any atom is -0.482 e. The smallest absolute Gasteiger partial charge is 0.343 e. The Morgan fingerprint density at radius 3 is 2.14 bits per heavy atom. The lowest BCUT2D eigenvalue weighted by molar-refractivity contribution is -0.142. The van der Waals surface area contributed by atoms with E-state index in [0.29, 0.717) is 30.5 Å². The van der Waals surface area contributed by atoms with Crippen LogP contribution in [0.4, 0.5) is 0 Å². The van der Waals surface area contributed by atoms with Gasteiger partial charge in [0.15, 0.2) is 6.61 Å². The van der Waals surface area contributed by atoms with Crippen LogP contribution in [-0.2, 0) is 16.1 Å². The second-order valence-electron chi connectivity index (χ2n) is 9.54. The van der Waals surface area contributed by atoms with Crippen LogP contribution >= 0.6 is 0 Å². The first-order valence-corrected chi connectivity index (χ1v) is 12.6. The molecule has 3 saturated heterocycles. The van der Waals surface area contributed by atoms with Gasteiger partial charge in [-0.05, 0) is 49.0 Å². The molecular weight excluding hydrogens is 436 g/mol. The lowest BCUT2D eigenvalue weighted by atomic mass is 9.70. The third-order valence-electron chi connectivity index (χ3n) is 7.60. The predicted octanol–water partition coefficient (Wildman–Crippen LogP) is 4.62. The van der Waals surface area contributed by atoms with Crippen molar-refractivity contribution in [1.29, 1.82) is 0 Å². The van der Waals surface area contributed by atoms with Gasteiger partial charge >= 0.3 is 5.97 Å². The molecule has 35 heavy (non-hydrogen) atoms. The number of piperidine rings is 3. The first-order valence-electron chi connectivity index (χ1n) is 12.6. The number of rotatable bonds is 9. The zero-order valence-corrected chi connectivity index (χ0v) is 20.3. The minimum absolute atomic E-state index is 0.0833. The number of methoxy groups -OCH3 is 1. The van der Waals surface area contributed by atoms with Gasteiger partial charge in [-0.1, -0.05) is 78.9 Å². The molecule has 3 aliphatic rings. The molecule has 0 saturated carbocycles. The van der Waals surface area contributed by atoms with Crippen molar-refractivity contribution in [2.45, 2.75) is 37.4 Å². The molecule has 0 aromatic heterocycles. The SMILES string of the molecule is COC(=O)COc1ccccc1CNC1C2CCN(CC2)C1C(c1ccccc1)c1ccccc1. The number of carbonyl (C=O) groups excluding carboxylic acids is 1. The van der Waals surface area contributed by atoms with Gasteiger partial charge in [0, 0.05) is 30.1 Å². The van der Waals surface area contributed by atoms with Gasteiger partial charge < -0.3 is 14.8 Å². The van der Waals surface area contributed by atoms with Crippen LogP contribution in [0.15, 0.2) is 84.9 Å². The number of nitrogens with one attached hydrogen (secondary N) is 1. The van der Waals surface area contributed by atoms with E-state index in [0.717, 1.165) is 24.4 Å². The number of carbonyl (C=O) groups is 1. The molecule has 0 aliphatic carbocycles. The highest BCUT2D eigenvalue weighted by molar-refractivity contribution is 5.70. The fourth-order valence-electron chi connectivity index (χ4n) is 5.91. The Morgan fingerprint density at radius 2 is 1.51 bits per heavy atom. The Balaban J connectivity index is 1.42. The van der Waals surface area contributed by atoms with Gasteiger partial charge in [-0.15, -0.1) is 0 Å². The molecule has 2 bridgehead atoms. The summed E-state index contributed by atoms with van der Waals surface area (Å²) in [5, 5.41) is 3.94. The number of hydrogen-bond donors (Lipinski definition) is 1. The summed E-state index contributed by atoms with van der Waals surface area (Å²) in [6, 6.07) is 30.6. The van der Waals surface area contributed by atoms with Crippen LogP contribution in [0.25, 0.3) is 0 Å². The van der Waals surface area contributed by atoms with E-state index in [1.54, 1.807) is 0 Å². The summed E-state index contributed by atoms with van der Waals surface area (Å²) in [6.45, 7) is 2.92. The van der Waals surface area contributed by atoms with Crippen LogP contribution in [0.2, 0.25) is 0 Å². The van der Waals surface area contributed by atoms with Gasteiger partial charge in [0.25, 0.3) is 0 Å². The van der Waals surface area contributed by atoms with E-state index in [9.17, 15) is 4.79 Å². The molecule has 6 rings (SSSR count). The van der Waals surface area contributed by atoms with Crippen LogP contribution in [0.1, 0.15) is 35.4 Å². The monoisotopic (exact) mass is 470 g/mol. The normalized spacial score (nSPS) is 23.3. The zero-order valence-electron chi connectivity index (χ0n) is 20.3. The van der Waals surface area contributed by atoms with Crippen molar-refractivity contribution in [3.8, 4) is 5.75 Å². The van der Waals surface area contributed by atoms with Crippen LogP contribution in [0, 0.1) is 5.92 Å². The maximum Gasteiger partial charge on any atom is 0.343 e. The third-order valence-corrected chi connectivity index (χ3v) is 7.60. The Hall–Kier alpha value is -3.15. The van der Waals surface area contributed by atoms with Gasteiger partial charge in [0.1, 0.15) is 5.75 Å². The summed E-state index contributed by atoms with van der Waals surface area (Å²) < 4.78 is 10.5. The number of benzene rings is 3. The van der Waals surface area contributed by atoms with Crippen molar-refractivity contribution >= 4 is 5.97 Å². The molecule has 0 spiro atoms. The van der Waals surface area contributed by atoms with Crippen molar-refractivity contribution in [1.82, 2.24) is 10.2 Å². The Bertz CT molecular complexity index is 1060. The molecule has 3 heterocycles. The number of para-hydroxylation sites is 1. The molecule has 3 aromatic carbocycles. The molecule has 5 heteroatoms. The highest BCUT2D eigenvalue weighted by Gasteiger charge is 2.46. The van der Waals surface area contributed by atoms with Gasteiger partial charge in [0.2, 0.25) is 0 Å². The number of ether oxygens (including phenoxy) is 2. The van der Waals surface area contributed by atoms with Gasteiger partial charge in [-0.3, -0.25) is 4.90 Å². The van der Waals surface area contributed by atoms with E-state index in [-0.39, 0.29) is 12.6 Å². The molecule has 182 valence electrons. The van der Waals surface area contributed by atoms with Crippen molar-refractivity contribution in [3.05, 3.63) is 102 Å². The van der Waals surface area contributed by atoms with E-state index in [1.165, 1.54) is 31.1 Å². The van der Waals surface area contributed by atoms with Crippen molar-refractivity contribution < 1.29 is 14.3 Å². The fraction of sp³-hybridized carbons (Fsp3) is 0.367. The maximum absolute atomic E-state index is 11.6. The first kappa shape index (κ1) is 23.6. The molecule has 5 nitrogen and oxygen atoms in total. The summed E-state index contributed by atoms with van der Waals surface area (Å²) >= 11 is 0. The molecule has 2 atom stereocenters. The van der Waals surface area contributed by atoms with Gasteiger partial charge in [-0.25, -0.2) is 4.79 Å². The Labute approximate surface area is 208 Å². The quantitative estimate of drug-likeness (QED) is 0.463. The standard InChI is InChI=1S/C30H34N2O3/c1-34-27(33)21-35-26-15-9-8-14-25(26)20-31-29-24-16-18-32(19-17-24)30(29)28(22-10-4-2-5-11-22)23-12-6-3-7-13-23/h2-15,24,28-31H,16-21H2,1H3. The molecule has 3 fully saturated rings. The summed E-state index contributed by atoms with van der Waals surface area (Å²) in [5.74, 6) is 1.29. The average Bonchev–Trinajstić information content (AvgIpc) is 2.93. The van der Waals surface area contributed by atoms with Crippen LogP contribution in [0.5, 0.6) is 5.75 Å². The predicted molar refractivity (Wildman–Crippen MR) is 137 cm³/mol. The number of hydrogen-bond acceptors (Lipinski definition) is 5. The molecule has 0 radical (unpaired) electrons. The number of esters is 1. The molecule has 3 aromatic rings. The maximum atomic E-state index is 11.6. The average molecular weight is 471 g/mol. The summed E-state index contributed by atoms with van der Waals surface area (Å²) in [7, 11) is 1.38. The number of nitrogens with zero attached hydrogens (tertiary/aromatic N) is 1. The first-order chi connectivity index (χ1) is 17.2. The highest BCUT2D eigenvalue weighted by atomic mass is 16.6. The molecule has 2 unspecified atom stereocenters. The molecule has 1 N–H and O–H groups in total. The lowest BCUT2D eigenvalue weighted by Gasteiger charge is -2.54. The van der Waals surface area contributed by atoms with Gasteiger partial charge in [-0.2, -0.15) is 0 Å². The van der Waals surface area contributed by atoms with E-state index in [2.05, 4.69) is 76.9 Å². The third kappa shape index (κ3) is 5.26. The second kappa shape index (κ2) is 11.1. The number of fused-ring (bicyclic) bond motifs is 3. The van der Waals surface area contributed by atoms with Crippen LogP contribution < -0.4 is 10.1 Å². The van der Waals surface area contributed by atoms with Gasteiger partial charge in [0.05, 0.1) is 7.11 Å². The second-order valence-corrected chi connectivity index (χ2v) is 9.54.